The van der Waals surface area contributed by atoms with Crippen LogP contribution >= 0.6 is 43.2 Å². The largest absolute Gasteiger partial charge is 0.229 e. The molecule has 0 amide bonds. The van der Waals surface area contributed by atoms with Gasteiger partial charge in [-0.25, -0.2) is 4.98 Å². The van der Waals surface area contributed by atoms with Crippen LogP contribution in [0.15, 0.2) is 14.5 Å². The molecule has 0 unspecified atom stereocenters. The molecule has 1 nitrogen and oxygen atoms in total. The Hall–Kier alpha value is 0.0700. The van der Waals surface area contributed by atoms with Gasteiger partial charge >= 0.3 is 0 Å². The second-order valence-electron chi connectivity index (χ2n) is 2.94. The fourth-order valence-electron chi connectivity index (χ4n) is 1.29. The Bertz CT molecular complexity index is 476. The molecule has 1 aromatic heterocycles. The van der Waals surface area contributed by atoms with E-state index >= 15 is 0 Å². The van der Waals surface area contributed by atoms with E-state index in [4.69, 9.17) is 0 Å². The Labute approximate surface area is 97.4 Å². The molecule has 68 valence electrons. The number of aryl methyl sites for hydroxylation is 2. The summed E-state index contributed by atoms with van der Waals surface area (Å²) in [5.41, 5.74) is 3.59. The van der Waals surface area contributed by atoms with Crippen molar-refractivity contribution in [2.24, 2.45) is 0 Å². The minimum absolute atomic E-state index is 0.951. The Balaban J connectivity index is 2.95. The van der Waals surface area contributed by atoms with Gasteiger partial charge in [0, 0.05) is 4.47 Å². The number of benzene rings is 1. The van der Waals surface area contributed by atoms with Crippen LogP contribution < -0.4 is 0 Å². The zero-order chi connectivity index (χ0) is 9.59. The van der Waals surface area contributed by atoms with Gasteiger partial charge in [-0.3, -0.25) is 0 Å². The van der Waals surface area contributed by atoms with Gasteiger partial charge in [0.25, 0.3) is 0 Å². The van der Waals surface area contributed by atoms with Gasteiger partial charge in [0.2, 0.25) is 0 Å². The van der Waals surface area contributed by atoms with Crippen molar-refractivity contribution in [1.29, 1.82) is 0 Å². The minimum atomic E-state index is 0.951. The third-order valence-corrected chi connectivity index (χ3v) is 4.47. The molecule has 13 heavy (non-hydrogen) atoms. The fourth-order valence-corrected chi connectivity index (χ4v) is 3.50. The molecule has 2 rings (SSSR count). The molecule has 1 aromatic carbocycles. The second kappa shape index (κ2) is 3.33. The van der Waals surface area contributed by atoms with Gasteiger partial charge in [0.05, 0.1) is 10.2 Å². The number of aromatic nitrogens is 1. The summed E-state index contributed by atoms with van der Waals surface area (Å²) < 4.78 is 3.37. The average Bonchev–Trinajstić information content (AvgIpc) is 2.44. The molecule has 0 aliphatic rings. The van der Waals surface area contributed by atoms with Gasteiger partial charge in [-0.2, -0.15) is 0 Å². The van der Waals surface area contributed by atoms with Crippen molar-refractivity contribution in [3.63, 3.8) is 0 Å². The molecule has 1 heterocycles. The number of halogens is 2. The normalized spacial score (nSPS) is 11.1. The Kier molecular flexibility index (Phi) is 2.47. The first-order valence-electron chi connectivity index (χ1n) is 3.81. The average molecular weight is 321 g/mol. The topological polar surface area (TPSA) is 12.9 Å². The van der Waals surface area contributed by atoms with Gasteiger partial charge in [-0.05, 0) is 47.0 Å². The summed E-state index contributed by atoms with van der Waals surface area (Å²) >= 11 is 8.63. The summed E-state index contributed by atoms with van der Waals surface area (Å²) in [7, 11) is 0. The minimum Gasteiger partial charge on any atom is -0.229 e. The quantitative estimate of drug-likeness (QED) is 0.699. The Morgan fingerprint density at radius 1 is 1.31 bits per heavy atom. The van der Waals surface area contributed by atoms with Crippen molar-refractivity contribution in [3.05, 3.63) is 25.6 Å². The molecule has 0 N–H and O–H groups in total. The van der Waals surface area contributed by atoms with Crippen LogP contribution in [0.25, 0.3) is 10.2 Å². The third-order valence-electron chi connectivity index (χ3n) is 2.02. The lowest BCUT2D eigenvalue weighted by Gasteiger charge is -2.01. The van der Waals surface area contributed by atoms with E-state index < -0.39 is 0 Å². The van der Waals surface area contributed by atoms with E-state index in [1.807, 2.05) is 0 Å². The van der Waals surface area contributed by atoms with E-state index in [2.05, 4.69) is 56.8 Å². The van der Waals surface area contributed by atoms with Crippen LogP contribution in [0, 0.1) is 13.8 Å². The van der Waals surface area contributed by atoms with Crippen molar-refractivity contribution in [2.75, 3.05) is 0 Å². The maximum Gasteiger partial charge on any atom is 0.160 e. The highest BCUT2D eigenvalue weighted by molar-refractivity contribution is 9.11. The molecule has 0 aliphatic heterocycles. The van der Waals surface area contributed by atoms with E-state index in [0.29, 0.717) is 0 Å². The highest BCUT2D eigenvalue weighted by Gasteiger charge is 2.09. The molecular formula is C9H7Br2NS. The summed E-state index contributed by atoms with van der Waals surface area (Å²) in [6.07, 6.45) is 0. The molecule has 4 heteroatoms. The Morgan fingerprint density at radius 2 is 2.00 bits per heavy atom. The highest BCUT2D eigenvalue weighted by atomic mass is 79.9. The van der Waals surface area contributed by atoms with E-state index in [9.17, 15) is 0 Å². The highest BCUT2D eigenvalue weighted by Crippen LogP contribution is 2.34. The van der Waals surface area contributed by atoms with Crippen LogP contribution in [0.5, 0.6) is 0 Å². The van der Waals surface area contributed by atoms with Gasteiger partial charge in [0.1, 0.15) is 0 Å². The molecule has 0 spiro atoms. The predicted octanol–water partition coefficient (Wildman–Crippen LogP) is 4.44. The summed E-state index contributed by atoms with van der Waals surface area (Å²) in [5, 5.41) is 0. The predicted molar refractivity (Wildman–Crippen MR) is 64.5 cm³/mol. The lowest BCUT2D eigenvalue weighted by Crippen LogP contribution is -1.81. The first-order chi connectivity index (χ1) is 6.09. The van der Waals surface area contributed by atoms with Crippen LogP contribution in [-0.2, 0) is 0 Å². The lowest BCUT2D eigenvalue weighted by atomic mass is 10.1. The fraction of sp³-hybridized carbons (Fsp3) is 0.222. The van der Waals surface area contributed by atoms with E-state index in [1.54, 1.807) is 11.3 Å². The smallest absolute Gasteiger partial charge is 0.160 e. The van der Waals surface area contributed by atoms with Crippen molar-refractivity contribution in [1.82, 2.24) is 4.98 Å². The standard InChI is InChI=1S/C9H7Br2NS/c1-4-3-6(10)5(2)8-7(4)12-9(11)13-8/h3H,1-2H3. The maximum atomic E-state index is 4.43. The number of rotatable bonds is 0. The van der Waals surface area contributed by atoms with Crippen LogP contribution in [-0.4, -0.2) is 4.98 Å². The van der Waals surface area contributed by atoms with Gasteiger partial charge in [-0.15, -0.1) is 11.3 Å². The molecule has 0 aliphatic carbocycles. The molecule has 0 saturated heterocycles. The monoisotopic (exact) mass is 319 g/mol. The summed E-state index contributed by atoms with van der Waals surface area (Å²) in [6, 6.07) is 2.11. The summed E-state index contributed by atoms with van der Waals surface area (Å²) in [5.74, 6) is 0. The van der Waals surface area contributed by atoms with Crippen molar-refractivity contribution >= 4 is 53.4 Å². The lowest BCUT2D eigenvalue weighted by molar-refractivity contribution is 1.37. The summed E-state index contributed by atoms with van der Waals surface area (Å²) in [6.45, 7) is 4.19. The molecule has 2 aromatic rings. The van der Waals surface area contributed by atoms with Crippen LogP contribution in [0.4, 0.5) is 0 Å². The molecule has 0 bridgehead atoms. The van der Waals surface area contributed by atoms with Gasteiger partial charge < -0.3 is 0 Å². The number of thiazole rings is 1. The van der Waals surface area contributed by atoms with E-state index in [0.717, 1.165) is 13.9 Å². The molecule has 0 atom stereocenters. The van der Waals surface area contributed by atoms with Crippen molar-refractivity contribution in [2.45, 2.75) is 13.8 Å². The zero-order valence-electron chi connectivity index (χ0n) is 7.19. The second-order valence-corrected chi connectivity index (χ2v) is 6.07. The van der Waals surface area contributed by atoms with Crippen molar-refractivity contribution in [3.8, 4) is 0 Å². The Morgan fingerprint density at radius 3 is 2.69 bits per heavy atom. The van der Waals surface area contributed by atoms with E-state index in [1.165, 1.54) is 15.8 Å². The molecule has 0 saturated carbocycles. The van der Waals surface area contributed by atoms with Crippen LogP contribution in [0.2, 0.25) is 0 Å². The number of hydrogen-bond acceptors (Lipinski definition) is 2. The molecule has 0 fully saturated rings. The van der Waals surface area contributed by atoms with Crippen LogP contribution in [0.3, 0.4) is 0 Å². The van der Waals surface area contributed by atoms with Gasteiger partial charge in [0.15, 0.2) is 3.92 Å². The first kappa shape index (κ1) is 9.62. The number of fused-ring (bicyclic) bond motifs is 1. The SMILES string of the molecule is Cc1cc(Br)c(C)c2sc(Br)nc12. The molecule has 0 radical (unpaired) electrons. The van der Waals surface area contributed by atoms with Gasteiger partial charge in [-0.1, -0.05) is 15.9 Å². The number of hydrogen-bond donors (Lipinski definition) is 0. The van der Waals surface area contributed by atoms with Crippen LogP contribution in [0.1, 0.15) is 11.1 Å². The van der Waals surface area contributed by atoms with E-state index in [-0.39, 0.29) is 0 Å². The zero-order valence-corrected chi connectivity index (χ0v) is 11.2. The molecular weight excluding hydrogens is 314 g/mol. The third kappa shape index (κ3) is 1.55. The number of nitrogens with zero attached hydrogens (tertiary/aromatic N) is 1. The first-order valence-corrected chi connectivity index (χ1v) is 6.21. The summed E-state index contributed by atoms with van der Waals surface area (Å²) in [4.78, 5) is 4.43. The van der Waals surface area contributed by atoms with Crippen molar-refractivity contribution < 1.29 is 0 Å². The maximum absolute atomic E-state index is 4.43.